The van der Waals surface area contributed by atoms with Gasteiger partial charge >= 0.3 is 6.09 Å². The maximum absolute atomic E-state index is 11.8. The van der Waals surface area contributed by atoms with E-state index in [4.69, 9.17) is 15.2 Å². The number of benzene rings is 1. The molecular weight excluding hydrogens is 280 g/mol. The number of rotatable bonds is 5. The van der Waals surface area contributed by atoms with Crippen molar-refractivity contribution in [2.75, 3.05) is 19.0 Å². The molecule has 5 nitrogen and oxygen atoms in total. The third kappa shape index (κ3) is 4.37. The second-order valence-electron chi connectivity index (χ2n) is 7.03. The van der Waals surface area contributed by atoms with Crippen LogP contribution >= 0.6 is 0 Å². The largest absolute Gasteiger partial charge is 0.496 e. The van der Waals surface area contributed by atoms with Gasteiger partial charge in [0, 0.05) is 11.8 Å². The molecule has 1 aromatic carbocycles. The molecule has 1 aliphatic carbocycles. The topological polar surface area (TPSA) is 73.6 Å². The Morgan fingerprint density at radius 3 is 2.55 bits per heavy atom. The predicted octanol–water partition coefficient (Wildman–Crippen LogP) is 3.32. The van der Waals surface area contributed by atoms with Gasteiger partial charge in [-0.15, -0.1) is 0 Å². The number of anilines is 1. The first-order valence-corrected chi connectivity index (χ1v) is 7.64. The van der Waals surface area contributed by atoms with Crippen molar-refractivity contribution >= 4 is 11.8 Å². The van der Waals surface area contributed by atoms with Crippen LogP contribution in [0.25, 0.3) is 0 Å². The Balaban J connectivity index is 2.07. The van der Waals surface area contributed by atoms with Gasteiger partial charge in [-0.25, -0.2) is 4.79 Å². The molecule has 0 saturated heterocycles. The Kier molecular flexibility index (Phi) is 4.66. The van der Waals surface area contributed by atoms with Crippen molar-refractivity contribution in [2.45, 2.75) is 45.6 Å². The van der Waals surface area contributed by atoms with Crippen LogP contribution in [-0.4, -0.2) is 25.3 Å². The molecule has 3 N–H and O–H groups in total. The first-order chi connectivity index (χ1) is 10.3. The first kappa shape index (κ1) is 16.6. The van der Waals surface area contributed by atoms with Crippen molar-refractivity contribution in [3.63, 3.8) is 0 Å². The Labute approximate surface area is 132 Å². The maximum Gasteiger partial charge on any atom is 0.412 e. The smallest absolute Gasteiger partial charge is 0.412 e. The molecule has 2 rings (SSSR count). The fraction of sp³-hybridized carbons (Fsp3) is 0.588. The molecule has 5 heteroatoms. The number of hydrogen-bond donors (Lipinski definition) is 2. The van der Waals surface area contributed by atoms with E-state index in [1.165, 1.54) is 12.8 Å². The van der Waals surface area contributed by atoms with Crippen molar-refractivity contribution in [1.82, 2.24) is 0 Å². The van der Waals surface area contributed by atoms with Crippen molar-refractivity contribution in [1.29, 1.82) is 0 Å². The fourth-order valence-electron chi connectivity index (χ4n) is 2.42. The molecule has 22 heavy (non-hydrogen) atoms. The van der Waals surface area contributed by atoms with Crippen LogP contribution in [0.4, 0.5) is 10.5 Å². The number of carbonyl (C=O) groups excluding carboxylic acids is 1. The van der Waals surface area contributed by atoms with Gasteiger partial charge in [0.15, 0.2) is 0 Å². The molecule has 1 fully saturated rings. The molecule has 0 aromatic heterocycles. The van der Waals surface area contributed by atoms with Crippen LogP contribution in [0.5, 0.6) is 5.75 Å². The molecule has 0 radical (unpaired) electrons. The minimum atomic E-state index is -0.520. The van der Waals surface area contributed by atoms with E-state index >= 15 is 0 Å². The molecule has 0 aliphatic heterocycles. The second kappa shape index (κ2) is 6.16. The Morgan fingerprint density at radius 2 is 2.05 bits per heavy atom. The maximum atomic E-state index is 11.8. The van der Waals surface area contributed by atoms with E-state index in [1.807, 2.05) is 39.0 Å². The zero-order chi connectivity index (χ0) is 16.4. The predicted molar refractivity (Wildman–Crippen MR) is 87.3 cm³/mol. The van der Waals surface area contributed by atoms with E-state index in [0.717, 1.165) is 17.7 Å². The highest BCUT2D eigenvalue weighted by atomic mass is 16.6. The van der Waals surface area contributed by atoms with Gasteiger partial charge in [0.2, 0.25) is 0 Å². The number of methoxy groups -OCH3 is 1. The summed E-state index contributed by atoms with van der Waals surface area (Å²) in [6.45, 7) is 6.20. The number of nitrogens with two attached hydrogens (primary N) is 1. The lowest BCUT2D eigenvalue weighted by Crippen LogP contribution is -2.27. The van der Waals surface area contributed by atoms with Gasteiger partial charge in [0.1, 0.15) is 11.4 Å². The molecule has 1 amide bonds. The Hall–Kier alpha value is -1.75. The van der Waals surface area contributed by atoms with Crippen LogP contribution in [0.15, 0.2) is 18.2 Å². The summed E-state index contributed by atoms with van der Waals surface area (Å²) >= 11 is 0. The SMILES string of the molecule is COc1cc(NC(=O)OC(C)(C)C)ccc1CC1(CN)CC1. The summed E-state index contributed by atoms with van der Waals surface area (Å²) in [6, 6.07) is 5.68. The lowest BCUT2D eigenvalue weighted by Gasteiger charge is -2.20. The quantitative estimate of drug-likeness (QED) is 0.875. The molecule has 0 atom stereocenters. The highest BCUT2D eigenvalue weighted by Gasteiger charge is 2.41. The van der Waals surface area contributed by atoms with Gasteiger partial charge in [-0.1, -0.05) is 6.07 Å². The number of carbonyl (C=O) groups is 1. The van der Waals surface area contributed by atoms with E-state index in [2.05, 4.69) is 5.32 Å². The van der Waals surface area contributed by atoms with Crippen molar-refractivity contribution in [3.05, 3.63) is 23.8 Å². The van der Waals surface area contributed by atoms with Gasteiger partial charge in [0.25, 0.3) is 0 Å². The summed E-state index contributed by atoms with van der Waals surface area (Å²) in [5.41, 5.74) is 7.36. The summed E-state index contributed by atoms with van der Waals surface area (Å²) in [5.74, 6) is 0.772. The highest BCUT2D eigenvalue weighted by Crippen LogP contribution is 2.48. The minimum Gasteiger partial charge on any atom is -0.496 e. The monoisotopic (exact) mass is 306 g/mol. The zero-order valence-corrected chi connectivity index (χ0v) is 13.9. The molecule has 122 valence electrons. The normalized spacial score (nSPS) is 16.0. The van der Waals surface area contributed by atoms with E-state index < -0.39 is 11.7 Å². The molecule has 1 aliphatic rings. The molecule has 1 aromatic rings. The van der Waals surface area contributed by atoms with E-state index in [0.29, 0.717) is 12.2 Å². The number of nitrogens with one attached hydrogen (secondary N) is 1. The molecule has 0 spiro atoms. The second-order valence-corrected chi connectivity index (χ2v) is 7.03. The molecule has 1 saturated carbocycles. The summed E-state index contributed by atoms with van der Waals surface area (Å²) in [4.78, 5) is 11.8. The van der Waals surface area contributed by atoms with Gasteiger partial charge in [-0.05, 0) is 63.6 Å². The Bertz CT molecular complexity index is 545. The van der Waals surface area contributed by atoms with Crippen LogP contribution in [0.2, 0.25) is 0 Å². The van der Waals surface area contributed by atoms with E-state index in [1.54, 1.807) is 7.11 Å². The summed E-state index contributed by atoms with van der Waals surface area (Å²) in [7, 11) is 1.64. The number of amides is 1. The molecule has 0 heterocycles. The third-order valence-corrected chi connectivity index (χ3v) is 3.89. The van der Waals surface area contributed by atoms with E-state index in [9.17, 15) is 4.79 Å². The zero-order valence-electron chi connectivity index (χ0n) is 13.9. The third-order valence-electron chi connectivity index (χ3n) is 3.89. The average Bonchev–Trinajstić information content (AvgIpc) is 3.18. The Morgan fingerprint density at radius 1 is 1.36 bits per heavy atom. The fourth-order valence-corrected chi connectivity index (χ4v) is 2.42. The van der Waals surface area contributed by atoms with Gasteiger partial charge < -0.3 is 15.2 Å². The number of hydrogen-bond acceptors (Lipinski definition) is 4. The summed E-state index contributed by atoms with van der Waals surface area (Å²) in [6.07, 6.45) is 2.79. The minimum absolute atomic E-state index is 0.243. The van der Waals surface area contributed by atoms with Crippen LogP contribution in [0.3, 0.4) is 0 Å². The molecular formula is C17H26N2O3. The van der Waals surface area contributed by atoms with Gasteiger partial charge in [-0.2, -0.15) is 0 Å². The lowest BCUT2D eigenvalue weighted by atomic mass is 9.96. The van der Waals surface area contributed by atoms with Crippen molar-refractivity contribution in [3.8, 4) is 5.75 Å². The first-order valence-electron chi connectivity index (χ1n) is 7.64. The average molecular weight is 306 g/mol. The van der Waals surface area contributed by atoms with Crippen LogP contribution in [0.1, 0.15) is 39.2 Å². The van der Waals surface area contributed by atoms with E-state index in [-0.39, 0.29) is 5.41 Å². The van der Waals surface area contributed by atoms with Crippen LogP contribution < -0.4 is 15.8 Å². The molecule has 0 unspecified atom stereocenters. The van der Waals surface area contributed by atoms with Crippen molar-refractivity contribution in [2.24, 2.45) is 11.1 Å². The van der Waals surface area contributed by atoms with Gasteiger partial charge in [-0.3, -0.25) is 5.32 Å². The van der Waals surface area contributed by atoms with Gasteiger partial charge in [0.05, 0.1) is 7.11 Å². The molecule has 0 bridgehead atoms. The van der Waals surface area contributed by atoms with Crippen LogP contribution in [-0.2, 0) is 11.2 Å². The summed E-state index contributed by atoms with van der Waals surface area (Å²) < 4.78 is 10.7. The number of ether oxygens (including phenoxy) is 2. The standard InChI is InChI=1S/C17H26N2O3/c1-16(2,3)22-15(20)19-13-6-5-12(14(9-13)21-4)10-17(11-18)7-8-17/h5-6,9H,7-8,10-11,18H2,1-4H3,(H,19,20). The van der Waals surface area contributed by atoms with Crippen molar-refractivity contribution < 1.29 is 14.3 Å². The highest BCUT2D eigenvalue weighted by molar-refractivity contribution is 5.85. The lowest BCUT2D eigenvalue weighted by molar-refractivity contribution is 0.0636. The summed E-state index contributed by atoms with van der Waals surface area (Å²) in [5, 5.41) is 2.73. The van der Waals surface area contributed by atoms with Crippen LogP contribution in [0, 0.1) is 5.41 Å².